The fourth-order valence-electron chi connectivity index (χ4n) is 0.602. The van der Waals surface area contributed by atoms with Crippen molar-refractivity contribution in [3.05, 3.63) is 29.8 Å². The molecular formula is C7H5O2S+. The molecule has 3 heteroatoms. The van der Waals surface area contributed by atoms with Gasteiger partial charge in [0.25, 0.3) is 4.90 Å². The molecule has 0 unspecified atom stereocenters. The quantitative estimate of drug-likeness (QED) is 0.474. The molecule has 0 spiro atoms. The first kappa shape index (κ1) is 7.02. The van der Waals surface area contributed by atoms with Crippen LogP contribution in [0.3, 0.4) is 0 Å². The van der Waals surface area contributed by atoms with Crippen LogP contribution in [0.4, 0.5) is 0 Å². The molecule has 0 fully saturated rings. The summed E-state index contributed by atoms with van der Waals surface area (Å²) >= 11 is 0.422. The van der Waals surface area contributed by atoms with Crippen LogP contribution in [0.1, 0.15) is 10.4 Å². The number of hydrogen-bond acceptors (Lipinski definition) is 2. The minimum atomic E-state index is 0.422. The van der Waals surface area contributed by atoms with Crippen LogP contribution in [-0.4, -0.2) is 6.29 Å². The van der Waals surface area contributed by atoms with E-state index in [1.54, 1.807) is 24.3 Å². The van der Waals surface area contributed by atoms with Crippen molar-refractivity contribution in [3.63, 3.8) is 0 Å². The SMILES string of the molecule is O=Cc1ccc([S+]=O)cc1. The molecular weight excluding hydrogens is 148 g/mol. The second-order valence-corrected chi connectivity index (χ2v) is 2.41. The third-order valence-electron chi connectivity index (χ3n) is 1.11. The molecule has 1 aromatic rings. The Bertz CT molecular complexity index is 213. The van der Waals surface area contributed by atoms with Crippen molar-refractivity contribution in [2.75, 3.05) is 0 Å². The summed E-state index contributed by atoms with van der Waals surface area (Å²) in [5.41, 5.74) is 0.595. The van der Waals surface area contributed by atoms with Gasteiger partial charge in [-0.1, -0.05) is 0 Å². The number of rotatable bonds is 2. The first-order valence-corrected chi connectivity index (χ1v) is 3.46. The van der Waals surface area contributed by atoms with Gasteiger partial charge in [-0.2, -0.15) is 0 Å². The first-order valence-electron chi connectivity index (χ1n) is 2.72. The summed E-state index contributed by atoms with van der Waals surface area (Å²) in [7, 11) is 0. The third kappa shape index (κ3) is 1.45. The number of carbonyl (C=O) groups is 1. The van der Waals surface area contributed by atoms with Crippen LogP contribution in [-0.2, 0) is 15.9 Å². The molecule has 2 nitrogen and oxygen atoms in total. The topological polar surface area (TPSA) is 34.1 Å². The van der Waals surface area contributed by atoms with Crippen LogP contribution in [0.5, 0.6) is 0 Å². The Kier molecular flexibility index (Phi) is 2.23. The number of carbonyl (C=O) groups excluding carboxylic acids is 1. The fraction of sp³-hybridized carbons (Fsp3) is 0. The van der Waals surface area contributed by atoms with E-state index in [0.717, 1.165) is 6.29 Å². The highest BCUT2D eigenvalue weighted by molar-refractivity contribution is 7.65. The maximum atomic E-state index is 10.2. The van der Waals surface area contributed by atoms with Crippen molar-refractivity contribution >= 4 is 18.0 Å². The van der Waals surface area contributed by atoms with Gasteiger partial charge >= 0.3 is 11.7 Å². The summed E-state index contributed by atoms with van der Waals surface area (Å²) in [6.07, 6.45) is 0.749. The van der Waals surface area contributed by atoms with E-state index in [2.05, 4.69) is 0 Å². The van der Waals surface area contributed by atoms with Crippen LogP contribution in [0.25, 0.3) is 0 Å². The Morgan fingerprint density at radius 2 is 1.80 bits per heavy atom. The summed E-state index contributed by atoms with van der Waals surface area (Å²) in [6, 6.07) is 6.49. The molecule has 0 aliphatic carbocycles. The highest BCUT2D eigenvalue weighted by Gasteiger charge is 2.03. The molecule has 0 aliphatic heterocycles. The van der Waals surface area contributed by atoms with Gasteiger partial charge in [0.15, 0.2) is 0 Å². The van der Waals surface area contributed by atoms with E-state index >= 15 is 0 Å². The lowest BCUT2D eigenvalue weighted by atomic mass is 10.2. The zero-order valence-electron chi connectivity index (χ0n) is 5.11. The van der Waals surface area contributed by atoms with E-state index in [-0.39, 0.29) is 0 Å². The summed E-state index contributed by atoms with van der Waals surface area (Å²) < 4.78 is 10.2. The van der Waals surface area contributed by atoms with Crippen molar-refractivity contribution in [2.45, 2.75) is 4.90 Å². The van der Waals surface area contributed by atoms with Crippen LogP contribution in [0, 0.1) is 0 Å². The van der Waals surface area contributed by atoms with E-state index in [4.69, 9.17) is 0 Å². The van der Waals surface area contributed by atoms with Gasteiger partial charge in [-0.15, -0.1) is 0 Å². The lowest BCUT2D eigenvalue weighted by Crippen LogP contribution is -1.78. The lowest BCUT2D eigenvalue weighted by molar-refractivity contribution is 0.112. The summed E-state index contributed by atoms with van der Waals surface area (Å²) in [5, 5.41) is 0. The molecule has 0 aliphatic rings. The van der Waals surface area contributed by atoms with E-state index in [9.17, 15) is 9.00 Å². The zero-order chi connectivity index (χ0) is 7.40. The molecule has 0 aromatic heterocycles. The smallest absolute Gasteiger partial charge is 0.298 e. The molecule has 0 atom stereocenters. The van der Waals surface area contributed by atoms with Gasteiger partial charge in [0, 0.05) is 21.9 Å². The van der Waals surface area contributed by atoms with E-state index < -0.39 is 0 Å². The van der Waals surface area contributed by atoms with E-state index in [0.29, 0.717) is 22.1 Å². The molecule has 0 radical (unpaired) electrons. The Morgan fingerprint density at radius 3 is 2.20 bits per heavy atom. The maximum Gasteiger partial charge on any atom is 0.505 e. The number of aldehydes is 1. The molecule has 0 amide bonds. The Morgan fingerprint density at radius 1 is 1.20 bits per heavy atom. The van der Waals surface area contributed by atoms with Crippen molar-refractivity contribution in [2.24, 2.45) is 0 Å². The number of benzene rings is 1. The Labute approximate surface area is 62.4 Å². The molecule has 1 rings (SSSR count). The maximum absolute atomic E-state index is 10.2. The predicted octanol–water partition coefficient (Wildman–Crippen LogP) is 1.29. The predicted molar refractivity (Wildman–Crippen MR) is 38.1 cm³/mol. The van der Waals surface area contributed by atoms with Crippen LogP contribution in [0.15, 0.2) is 29.2 Å². The molecule has 1 aromatic carbocycles. The monoisotopic (exact) mass is 153 g/mol. The second-order valence-electron chi connectivity index (χ2n) is 1.77. The average Bonchev–Trinajstić information content (AvgIpc) is 2.05. The van der Waals surface area contributed by atoms with Crippen molar-refractivity contribution in [1.29, 1.82) is 0 Å². The summed E-state index contributed by atoms with van der Waals surface area (Å²) in [6.45, 7) is 0. The molecule has 10 heavy (non-hydrogen) atoms. The lowest BCUT2D eigenvalue weighted by Gasteiger charge is -1.81. The van der Waals surface area contributed by atoms with Crippen molar-refractivity contribution in [3.8, 4) is 0 Å². The standard InChI is InChI=1S/C7H5O2S/c8-5-6-1-3-7(10-9)4-2-6/h1-5H/q+1. The summed E-state index contributed by atoms with van der Waals surface area (Å²) in [5.74, 6) is 0. The zero-order valence-corrected chi connectivity index (χ0v) is 5.93. The largest absolute Gasteiger partial charge is 0.505 e. The van der Waals surface area contributed by atoms with Crippen LogP contribution >= 0.6 is 0 Å². The Hall–Kier alpha value is -1.09. The van der Waals surface area contributed by atoms with Gasteiger partial charge in [-0.25, -0.2) is 0 Å². The van der Waals surface area contributed by atoms with Gasteiger partial charge in [0.1, 0.15) is 6.29 Å². The molecule has 50 valence electrons. The van der Waals surface area contributed by atoms with Crippen molar-refractivity contribution < 1.29 is 9.00 Å². The second kappa shape index (κ2) is 3.17. The molecule has 0 bridgehead atoms. The van der Waals surface area contributed by atoms with Crippen LogP contribution in [0.2, 0.25) is 0 Å². The average molecular weight is 153 g/mol. The minimum absolute atomic E-state index is 0.422. The van der Waals surface area contributed by atoms with E-state index in [1.807, 2.05) is 0 Å². The fourth-order valence-corrected chi connectivity index (χ4v) is 0.849. The molecule has 0 N–H and O–H groups in total. The molecule has 0 heterocycles. The van der Waals surface area contributed by atoms with Gasteiger partial charge in [-0.3, -0.25) is 4.79 Å². The van der Waals surface area contributed by atoms with Gasteiger partial charge in [0.2, 0.25) is 0 Å². The van der Waals surface area contributed by atoms with Crippen LogP contribution < -0.4 is 0 Å². The van der Waals surface area contributed by atoms with Gasteiger partial charge < -0.3 is 0 Å². The normalized spacial score (nSPS) is 8.80. The minimum Gasteiger partial charge on any atom is -0.298 e. The third-order valence-corrected chi connectivity index (χ3v) is 1.58. The first-order chi connectivity index (χ1) is 4.86. The molecule has 0 saturated carbocycles. The van der Waals surface area contributed by atoms with Gasteiger partial charge in [0.05, 0.1) is 0 Å². The Balaban J connectivity index is 3.00. The number of hydrogen-bond donors (Lipinski definition) is 0. The van der Waals surface area contributed by atoms with Crippen molar-refractivity contribution in [1.82, 2.24) is 0 Å². The van der Waals surface area contributed by atoms with E-state index in [1.165, 1.54) is 0 Å². The highest BCUT2D eigenvalue weighted by atomic mass is 32.1. The summed E-state index contributed by atoms with van der Waals surface area (Å²) in [4.78, 5) is 10.8. The molecule has 0 saturated heterocycles. The van der Waals surface area contributed by atoms with Gasteiger partial charge in [-0.05, 0) is 12.1 Å². The highest BCUT2D eigenvalue weighted by Crippen LogP contribution is 2.00.